The van der Waals surface area contributed by atoms with Crippen molar-refractivity contribution in [2.75, 3.05) is 0 Å². The molecular weight excluding hydrogens is 428 g/mol. The van der Waals surface area contributed by atoms with Crippen LogP contribution in [0, 0.1) is 13.8 Å². The number of carbonyl (C=O) groups excluding carboxylic acids is 2. The second-order valence-corrected chi connectivity index (χ2v) is 9.58. The molecule has 0 bridgehead atoms. The van der Waals surface area contributed by atoms with Crippen molar-refractivity contribution in [2.45, 2.75) is 66.1 Å². The fourth-order valence-corrected chi connectivity index (χ4v) is 3.52. The molecule has 0 aliphatic heterocycles. The van der Waals surface area contributed by atoms with Crippen molar-refractivity contribution >= 4 is 27.7 Å². The number of nitrogens with one attached hydrogen (secondary N) is 1. The van der Waals surface area contributed by atoms with Gasteiger partial charge in [-0.2, -0.15) is 0 Å². The quantitative estimate of drug-likeness (QED) is 0.665. The van der Waals surface area contributed by atoms with Crippen molar-refractivity contribution in [1.82, 2.24) is 10.2 Å². The van der Waals surface area contributed by atoms with E-state index < -0.39 is 6.04 Å². The Kier molecular flexibility index (Phi) is 7.64. The average Bonchev–Trinajstić information content (AvgIpc) is 2.60. The summed E-state index contributed by atoms with van der Waals surface area (Å²) in [4.78, 5) is 27.7. The lowest BCUT2D eigenvalue weighted by molar-refractivity contribution is -0.140. The molecule has 0 aromatic heterocycles. The van der Waals surface area contributed by atoms with Crippen molar-refractivity contribution < 1.29 is 9.59 Å². The van der Waals surface area contributed by atoms with Crippen LogP contribution in [0.1, 0.15) is 49.9 Å². The molecule has 0 heterocycles. The van der Waals surface area contributed by atoms with Gasteiger partial charge in [0.25, 0.3) is 0 Å². The van der Waals surface area contributed by atoms with E-state index in [0.717, 1.165) is 21.2 Å². The predicted molar refractivity (Wildman–Crippen MR) is 122 cm³/mol. The zero-order valence-corrected chi connectivity index (χ0v) is 19.8. The number of halogens is 1. The molecule has 2 amide bonds. The highest BCUT2D eigenvalue weighted by atomic mass is 79.9. The van der Waals surface area contributed by atoms with Gasteiger partial charge in [0.2, 0.25) is 11.8 Å². The third kappa shape index (κ3) is 7.00. The molecule has 1 atom stereocenters. The van der Waals surface area contributed by atoms with Crippen LogP contribution in [0.4, 0.5) is 0 Å². The minimum atomic E-state index is -0.577. The maximum Gasteiger partial charge on any atom is 0.242 e. The molecular formula is C24H31BrN2O2. The van der Waals surface area contributed by atoms with E-state index in [9.17, 15) is 9.59 Å². The van der Waals surface area contributed by atoms with Crippen LogP contribution < -0.4 is 5.32 Å². The van der Waals surface area contributed by atoms with Gasteiger partial charge in [0.1, 0.15) is 6.04 Å². The summed E-state index contributed by atoms with van der Waals surface area (Å²) in [6, 6.07) is 13.3. The Balaban J connectivity index is 2.27. The van der Waals surface area contributed by atoms with Gasteiger partial charge in [0.15, 0.2) is 0 Å². The van der Waals surface area contributed by atoms with Crippen LogP contribution in [0.3, 0.4) is 0 Å². The number of rotatable bonds is 6. The minimum absolute atomic E-state index is 0.0650. The van der Waals surface area contributed by atoms with E-state index >= 15 is 0 Å². The highest BCUT2D eigenvalue weighted by molar-refractivity contribution is 9.10. The van der Waals surface area contributed by atoms with Crippen LogP contribution in [-0.4, -0.2) is 28.3 Å². The molecule has 156 valence electrons. The molecule has 0 saturated carbocycles. The van der Waals surface area contributed by atoms with Gasteiger partial charge >= 0.3 is 0 Å². The summed E-state index contributed by atoms with van der Waals surface area (Å²) < 4.78 is 0.948. The Hall–Kier alpha value is -2.14. The molecule has 0 aliphatic carbocycles. The van der Waals surface area contributed by atoms with E-state index in [-0.39, 0.29) is 23.8 Å². The van der Waals surface area contributed by atoms with Gasteiger partial charge in [0.05, 0.1) is 6.42 Å². The first-order chi connectivity index (χ1) is 13.5. The Morgan fingerprint density at radius 1 is 1.03 bits per heavy atom. The van der Waals surface area contributed by atoms with Gasteiger partial charge in [-0.1, -0.05) is 46.3 Å². The standard InChI is InChI=1S/C24H31BrN2O2/c1-16-10-11-19(12-17(16)2)14-22(28)27(15-20-8-7-9-21(25)13-20)18(3)23(29)26-24(4,5)6/h7-13,18H,14-15H2,1-6H3,(H,26,29)/t18-/m1/s1. The van der Waals surface area contributed by atoms with Gasteiger partial charge in [-0.25, -0.2) is 0 Å². The summed E-state index contributed by atoms with van der Waals surface area (Å²) >= 11 is 3.48. The molecule has 0 radical (unpaired) electrons. The van der Waals surface area contributed by atoms with Crippen molar-refractivity contribution in [3.05, 3.63) is 69.2 Å². The first kappa shape index (κ1) is 23.1. The van der Waals surface area contributed by atoms with Crippen molar-refractivity contribution in [3.63, 3.8) is 0 Å². The van der Waals surface area contributed by atoms with Crippen LogP contribution in [0.5, 0.6) is 0 Å². The van der Waals surface area contributed by atoms with Gasteiger partial charge < -0.3 is 10.2 Å². The zero-order valence-electron chi connectivity index (χ0n) is 18.2. The number of benzene rings is 2. The van der Waals surface area contributed by atoms with E-state index in [2.05, 4.69) is 28.2 Å². The molecule has 0 fully saturated rings. The smallest absolute Gasteiger partial charge is 0.242 e. The van der Waals surface area contributed by atoms with E-state index in [1.807, 2.05) is 70.2 Å². The fourth-order valence-electron chi connectivity index (χ4n) is 3.08. The molecule has 0 aliphatic rings. The topological polar surface area (TPSA) is 49.4 Å². The molecule has 5 heteroatoms. The third-order valence-electron chi connectivity index (χ3n) is 4.83. The highest BCUT2D eigenvalue weighted by Gasteiger charge is 2.28. The van der Waals surface area contributed by atoms with E-state index in [1.54, 1.807) is 11.8 Å². The van der Waals surface area contributed by atoms with Gasteiger partial charge in [-0.05, 0) is 75.9 Å². The monoisotopic (exact) mass is 458 g/mol. The molecule has 1 N–H and O–H groups in total. The Labute approximate surface area is 182 Å². The normalized spacial score (nSPS) is 12.4. The van der Waals surface area contributed by atoms with E-state index in [4.69, 9.17) is 0 Å². The molecule has 0 unspecified atom stereocenters. The van der Waals surface area contributed by atoms with Crippen molar-refractivity contribution in [3.8, 4) is 0 Å². The first-order valence-corrected chi connectivity index (χ1v) is 10.7. The predicted octanol–water partition coefficient (Wildman–Crippen LogP) is 4.94. The number of aryl methyl sites for hydroxylation is 2. The minimum Gasteiger partial charge on any atom is -0.350 e. The number of carbonyl (C=O) groups is 2. The SMILES string of the molecule is Cc1ccc(CC(=O)N(Cc2cccc(Br)c2)[C@H](C)C(=O)NC(C)(C)C)cc1C. The summed E-state index contributed by atoms with van der Waals surface area (Å²) in [6.07, 6.45) is 0.266. The number of nitrogens with zero attached hydrogens (tertiary/aromatic N) is 1. The summed E-state index contributed by atoms with van der Waals surface area (Å²) in [5.41, 5.74) is 3.94. The fraction of sp³-hybridized carbons (Fsp3) is 0.417. The van der Waals surface area contributed by atoms with E-state index in [0.29, 0.717) is 6.54 Å². The summed E-state index contributed by atoms with van der Waals surface area (Å²) in [5, 5.41) is 2.99. The summed E-state index contributed by atoms with van der Waals surface area (Å²) in [7, 11) is 0. The lowest BCUT2D eigenvalue weighted by Gasteiger charge is -2.31. The maximum absolute atomic E-state index is 13.2. The second kappa shape index (κ2) is 9.57. The molecule has 4 nitrogen and oxygen atoms in total. The number of hydrogen-bond acceptors (Lipinski definition) is 2. The average molecular weight is 459 g/mol. The van der Waals surface area contributed by atoms with Gasteiger partial charge in [-0.3, -0.25) is 9.59 Å². The molecule has 2 rings (SSSR count). The first-order valence-electron chi connectivity index (χ1n) is 9.88. The summed E-state index contributed by atoms with van der Waals surface area (Å²) in [5.74, 6) is -0.217. The number of hydrogen-bond donors (Lipinski definition) is 1. The van der Waals surface area contributed by atoms with Crippen LogP contribution in [-0.2, 0) is 22.6 Å². The second-order valence-electron chi connectivity index (χ2n) is 8.66. The summed E-state index contributed by atoms with van der Waals surface area (Å²) in [6.45, 7) is 12.1. The Morgan fingerprint density at radius 3 is 2.31 bits per heavy atom. The molecule has 2 aromatic rings. The zero-order chi connectivity index (χ0) is 21.8. The Bertz CT molecular complexity index is 887. The van der Waals surface area contributed by atoms with Crippen LogP contribution in [0.2, 0.25) is 0 Å². The van der Waals surface area contributed by atoms with Gasteiger partial charge in [-0.15, -0.1) is 0 Å². The molecule has 0 saturated heterocycles. The van der Waals surface area contributed by atoms with Crippen LogP contribution >= 0.6 is 15.9 Å². The van der Waals surface area contributed by atoms with Crippen LogP contribution in [0.15, 0.2) is 46.9 Å². The van der Waals surface area contributed by atoms with E-state index in [1.165, 1.54) is 5.56 Å². The molecule has 2 aromatic carbocycles. The van der Waals surface area contributed by atoms with Gasteiger partial charge in [0, 0.05) is 16.6 Å². The van der Waals surface area contributed by atoms with Crippen molar-refractivity contribution in [2.24, 2.45) is 0 Å². The maximum atomic E-state index is 13.2. The largest absolute Gasteiger partial charge is 0.350 e. The van der Waals surface area contributed by atoms with Crippen molar-refractivity contribution in [1.29, 1.82) is 0 Å². The lowest BCUT2D eigenvalue weighted by Crippen LogP contribution is -2.52. The number of amides is 2. The molecule has 0 spiro atoms. The molecule has 29 heavy (non-hydrogen) atoms. The third-order valence-corrected chi connectivity index (χ3v) is 5.33. The Morgan fingerprint density at radius 2 is 1.72 bits per heavy atom. The lowest BCUT2D eigenvalue weighted by atomic mass is 10.0. The highest BCUT2D eigenvalue weighted by Crippen LogP contribution is 2.18. The van der Waals surface area contributed by atoms with Crippen LogP contribution in [0.25, 0.3) is 0 Å².